The Morgan fingerprint density at radius 3 is 1.28 bits per heavy atom. The minimum absolute atomic E-state index is 0.0148. The number of nitrogens with zero attached hydrogens (tertiary/aromatic N) is 1. The van der Waals surface area contributed by atoms with Crippen molar-refractivity contribution >= 4 is 13.7 Å². The number of unbranched alkanes of at least 4 members (excludes halogenated alkanes) is 34. The first kappa shape index (κ1) is 60.2. The average molecular weight is 885 g/mol. The molecule has 0 radical (unpaired) electrons. The van der Waals surface area contributed by atoms with Crippen LogP contribution in [0.25, 0.3) is 0 Å². The standard InChI is InChI=1S/C52H105N2O6P/c1-6-8-10-12-14-16-18-20-21-22-23-24-25-26-27-28-29-30-31-32-33-34-36-38-40-42-44-46-52(56)53-50(49-60-61(57,58)59-48-47-54(3,4)5)51(55)45-43-41-39-37-35-19-17-15-13-11-9-7-2/h22-23,50-51,55H,6-21,24-49H2,1-5H3,(H-,53,56,57,58)/b23-22-. The molecule has 9 heteroatoms. The fourth-order valence-corrected chi connectivity index (χ4v) is 8.76. The summed E-state index contributed by atoms with van der Waals surface area (Å²) >= 11 is 0. The predicted octanol–water partition coefficient (Wildman–Crippen LogP) is 14.8. The number of carbonyl (C=O) groups excluding carboxylic acids is 1. The third-order valence-corrected chi connectivity index (χ3v) is 13.2. The van der Waals surface area contributed by atoms with Gasteiger partial charge in [-0.2, -0.15) is 0 Å². The maximum Gasteiger partial charge on any atom is 0.268 e. The zero-order valence-electron chi connectivity index (χ0n) is 41.4. The Bertz CT molecular complexity index is 1000. The molecule has 0 spiro atoms. The molecule has 0 saturated heterocycles. The van der Waals surface area contributed by atoms with Gasteiger partial charge in [0, 0.05) is 6.42 Å². The van der Waals surface area contributed by atoms with Crippen LogP contribution in [0.4, 0.5) is 0 Å². The quantitative estimate of drug-likeness (QED) is 0.0273. The van der Waals surface area contributed by atoms with E-state index in [1.165, 1.54) is 199 Å². The highest BCUT2D eigenvalue weighted by molar-refractivity contribution is 7.45. The highest BCUT2D eigenvalue weighted by Gasteiger charge is 2.24. The Morgan fingerprint density at radius 2 is 0.902 bits per heavy atom. The molecule has 0 aromatic heterocycles. The van der Waals surface area contributed by atoms with Crippen molar-refractivity contribution in [3.8, 4) is 0 Å². The van der Waals surface area contributed by atoms with Crippen LogP contribution < -0.4 is 10.2 Å². The second-order valence-corrected chi connectivity index (χ2v) is 21.0. The Morgan fingerprint density at radius 1 is 0.557 bits per heavy atom. The Hall–Kier alpha value is -0.760. The fourth-order valence-electron chi connectivity index (χ4n) is 8.04. The largest absolute Gasteiger partial charge is 0.756 e. The number of hydrogen-bond acceptors (Lipinski definition) is 6. The van der Waals surface area contributed by atoms with Gasteiger partial charge in [0.25, 0.3) is 7.82 Å². The van der Waals surface area contributed by atoms with E-state index in [4.69, 9.17) is 9.05 Å². The number of aliphatic hydroxyl groups excluding tert-OH is 1. The predicted molar refractivity (Wildman–Crippen MR) is 261 cm³/mol. The van der Waals surface area contributed by atoms with Crippen LogP contribution in [0.1, 0.15) is 264 Å². The van der Waals surface area contributed by atoms with Crippen LogP contribution in [0.2, 0.25) is 0 Å². The van der Waals surface area contributed by atoms with Gasteiger partial charge in [0.15, 0.2) is 0 Å². The number of allylic oxidation sites excluding steroid dienone is 2. The summed E-state index contributed by atoms with van der Waals surface area (Å²) in [6.45, 7) is 4.74. The summed E-state index contributed by atoms with van der Waals surface area (Å²) in [5, 5.41) is 13.9. The van der Waals surface area contributed by atoms with Crippen LogP contribution >= 0.6 is 7.82 Å². The molecule has 0 aromatic rings. The number of amides is 1. The van der Waals surface area contributed by atoms with E-state index >= 15 is 0 Å². The van der Waals surface area contributed by atoms with E-state index in [-0.39, 0.29) is 19.1 Å². The van der Waals surface area contributed by atoms with Crippen LogP contribution in [0.3, 0.4) is 0 Å². The zero-order valence-corrected chi connectivity index (χ0v) is 42.3. The van der Waals surface area contributed by atoms with Crippen LogP contribution in [-0.4, -0.2) is 68.5 Å². The van der Waals surface area contributed by atoms with Gasteiger partial charge >= 0.3 is 0 Å². The number of quaternary nitrogens is 1. The summed E-state index contributed by atoms with van der Waals surface area (Å²) in [6, 6.07) is -0.795. The van der Waals surface area contributed by atoms with Crippen molar-refractivity contribution in [1.29, 1.82) is 0 Å². The monoisotopic (exact) mass is 885 g/mol. The van der Waals surface area contributed by atoms with Gasteiger partial charge in [-0.05, 0) is 38.5 Å². The van der Waals surface area contributed by atoms with Crippen molar-refractivity contribution < 1.29 is 32.9 Å². The van der Waals surface area contributed by atoms with Crippen molar-refractivity contribution in [3.63, 3.8) is 0 Å². The molecular weight excluding hydrogens is 780 g/mol. The van der Waals surface area contributed by atoms with E-state index < -0.39 is 20.0 Å². The number of hydrogen-bond donors (Lipinski definition) is 2. The van der Waals surface area contributed by atoms with Crippen molar-refractivity contribution in [2.24, 2.45) is 0 Å². The lowest BCUT2D eigenvalue weighted by Gasteiger charge is -2.30. The van der Waals surface area contributed by atoms with Crippen LogP contribution in [0.5, 0.6) is 0 Å². The van der Waals surface area contributed by atoms with Gasteiger partial charge in [-0.1, -0.05) is 231 Å². The van der Waals surface area contributed by atoms with Gasteiger partial charge < -0.3 is 28.8 Å². The van der Waals surface area contributed by atoms with Crippen LogP contribution in [0.15, 0.2) is 12.2 Å². The zero-order chi connectivity index (χ0) is 45.0. The maximum atomic E-state index is 12.9. The van der Waals surface area contributed by atoms with Gasteiger partial charge in [0.1, 0.15) is 13.2 Å². The average Bonchev–Trinajstić information content (AvgIpc) is 3.21. The highest BCUT2D eigenvalue weighted by atomic mass is 31.2. The van der Waals surface area contributed by atoms with Gasteiger partial charge in [-0.15, -0.1) is 0 Å². The van der Waals surface area contributed by atoms with E-state index in [0.717, 1.165) is 38.5 Å². The molecule has 3 unspecified atom stereocenters. The van der Waals surface area contributed by atoms with E-state index in [0.29, 0.717) is 23.9 Å². The Labute approximate surface area is 380 Å². The maximum absolute atomic E-state index is 12.9. The van der Waals surface area contributed by atoms with Gasteiger partial charge in [-0.3, -0.25) is 9.36 Å². The normalized spacial score (nSPS) is 14.1. The third kappa shape index (κ3) is 47.0. The minimum Gasteiger partial charge on any atom is -0.756 e. The molecule has 364 valence electrons. The molecule has 3 atom stereocenters. The summed E-state index contributed by atoms with van der Waals surface area (Å²) in [5.74, 6) is -0.161. The van der Waals surface area contributed by atoms with Crippen LogP contribution in [-0.2, 0) is 18.4 Å². The molecule has 0 rings (SSSR count). The number of phosphoric ester groups is 1. The second kappa shape index (κ2) is 44.4. The minimum atomic E-state index is -4.56. The molecule has 0 heterocycles. The molecule has 0 bridgehead atoms. The lowest BCUT2D eigenvalue weighted by atomic mass is 10.0. The van der Waals surface area contributed by atoms with Gasteiger partial charge in [0.2, 0.25) is 5.91 Å². The molecule has 0 saturated carbocycles. The molecule has 0 aliphatic heterocycles. The topological polar surface area (TPSA) is 108 Å². The fraction of sp³-hybridized carbons (Fsp3) is 0.942. The van der Waals surface area contributed by atoms with E-state index in [2.05, 4.69) is 31.3 Å². The SMILES string of the molecule is CCCCCCCCCC/C=C\CCCCCCCCCCCCCCCCCC(=O)NC(COP(=O)([O-])OCC[N+](C)(C)C)C(O)CCCCCCCCCCCCCC. The molecule has 1 amide bonds. The van der Waals surface area contributed by atoms with E-state index in [1.54, 1.807) is 0 Å². The Kier molecular flexibility index (Phi) is 43.9. The first-order valence-corrected chi connectivity index (χ1v) is 28.0. The lowest BCUT2D eigenvalue weighted by Crippen LogP contribution is -2.46. The van der Waals surface area contributed by atoms with E-state index in [1.807, 2.05) is 21.1 Å². The molecule has 0 aliphatic carbocycles. The van der Waals surface area contributed by atoms with Gasteiger partial charge in [-0.25, -0.2) is 0 Å². The lowest BCUT2D eigenvalue weighted by molar-refractivity contribution is -0.870. The highest BCUT2D eigenvalue weighted by Crippen LogP contribution is 2.38. The third-order valence-electron chi connectivity index (χ3n) is 12.3. The molecule has 0 aliphatic rings. The number of carbonyl (C=O) groups is 1. The molecule has 61 heavy (non-hydrogen) atoms. The number of phosphoric acid groups is 1. The molecule has 8 nitrogen and oxygen atoms in total. The molecular formula is C52H105N2O6P. The number of rotatable bonds is 49. The number of aliphatic hydroxyl groups is 1. The van der Waals surface area contributed by atoms with Crippen molar-refractivity contribution in [1.82, 2.24) is 5.32 Å². The molecule has 0 aromatic carbocycles. The van der Waals surface area contributed by atoms with Crippen molar-refractivity contribution in [2.45, 2.75) is 276 Å². The summed E-state index contributed by atoms with van der Waals surface area (Å²) in [6.07, 6.45) is 52.4. The molecule has 2 N–H and O–H groups in total. The van der Waals surface area contributed by atoms with Crippen molar-refractivity contribution in [2.75, 3.05) is 40.9 Å². The molecule has 0 fully saturated rings. The second-order valence-electron chi connectivity index (χ2n) is 19.6. The number of nitrogens with one attached hydrogen (secondary N) is 1. The summed E-state index contributed by atoms with van der Waals surface area (Å²) in [4.78, 5) is 25.4. The summed E-state index contributed by atoms with van der Waals surface area (Å²) in [7, 11) is 1.32. The summed E-state index contributed by atoms with van der Waals surface area (Å²) in [5.41, 5.74) is 0. The van der Waals surface area contributed by atoms with Crippen molar-refractivity contribution in [3.05, 3.63) is 12.2 Å². The Balaban J connectivity index is 4.06. The van der Waals surface area contributed by atoms with Crippen LogP contribution in [0, 0.1) is 0 Å². The van der Waals surface area contributed by atoms with E-state index in [9.17, 15) is 19.4 Å². The first-order valence-electron chi connectivity index (χ1n) is 26.5. The number of likely N-dealkylation sites (N-methyl/N-ethyl adjacent to an activating group) is 1. The first-order chi connectivity index (χ1) is 29.5. The smallest absolute Gasteiger partial charge is 0.268 e. The summed E-state index contributed by atoms with van der Waals surface area (Å²) < 4.78 is 23.3. The van der Waals surface area contributed by atoms with Gasteiger partial charge in [0.05, 0.1) is 39.9 Å².